The zero-order valence-corrected chi connectivity index (χ0v) is 32.6. The van der Waals surface area contributed by atoms with Crippen LogP contribution in [0.15, 0.2) is 182 Å². The second kappa shape index (κ2) is 11.9. The third-order valence-corrected chi connectivity index (χ3v) is 13.7. The summed E-state index contributed by atoms with van der Waals surface area (Å²) in [5.74, 6) is 0.291. The highest BCUT2D eigenvalue weighted by molar-refractivity contribution is 5.92. The van der Waals surface area contributed by atoms with E-state index in [0.29, 0.717) is 5.92 Å². The van der Waals surface area contributed by atoms with Crippen molar-refractivity contribution in [3.8, 4) is 33.4 Å². The van der Waals surface area contributed by atoms with E-state index in [2.05, 4.69) is 215 Å². The maximum Gasteiger partial charge on any atom is 0.0529 e. The summed E-state index contributed by atoms with van der Waals surface area (Å²) >= 11 is 0. The molecule has 0 spiro atoms. The fourth-order valence-electron chi connectivity index (χ4n) is 11.1. The first-order valence-corrected chi connectivity index (χ1v) is 20.2. The van der Waals surface area contributed by atoms with Gasteiger partial charge in [0.05, 0.1) is 5.41 Å². The van der Waals surface area contributed by atoms with Crippen molar-refractivity contribution in [3.05, 3.63) is 221 Å². The van der Waals surface area contributed by atoms with Gasteiger partial charge in [-0.2, -0.15) is 0 Å². The van der Waals surface area contributed by atoms with Crippen LogP contribution in [0.2, 0.25) is 0 Å². The van der Waals surface area contributed by atoms with Crippen LogP contribution < -0.4 is 4.90 Å². The minimum atomic E-state index is -0.302. The van der Waals surface area contributed by atoms with Crippen molar-refractivity contribution < 1.29 is 0 Å². The summed E-state index contributed by atoms with van der Waals surface area (Å²) in [6.45, 7) is 9.46. The lowest BCUT2D eigenvalue weighted by Crippen LogP contribution is -2.35. The van der Waals surface area contributed by atoms with Gasteiger partial charge in [0.15, 0.2) is 0 Å². The van der Waals surface area contributed by atoms with Crippen LogP contribution in [-0.4, -0.2) is 0 Å². The van der Waals surface area contributed by atoms with E-state index in [-0.39, 0.29) is 16.2 Å². The van der Waals surface area contributed by atoms with Crippen molar-refractivity contribution in [1.29, 1.82) is 0 Å². The predicted octanol–water partition coefficient (Wildman–Crippen LogP) is 14.2. The molecule has 0 saturated heterocycles. The molecule has 56 heavy (non-hydrogen) atoms. The fourth-order valence-corrected chi connectivity index (χ4v) is 11.1. The summed E-state index contributed by atoms with van der Waals surface area (Å²) in [6, 6.07) is 60.0. The number of nitrogens with zero attached hydrogens (tertiary/aromatic N) is 1. The molecule has 4 aliphatic rings. The van der Waals surface area contributed by atoms with Crippen molar-refractivity contribution in [2.24, 2.45) is 5.92 Å². The zero-order valence-electron chi connectivity index (χ0n) is 32.6. The highest BCUT2D eigenvalue weighted by Crippen LogP contribution is 2.59. The molecular formula is C55H45N. The van der Waals surface area contributed by atoms with Gasteiger partial charge in [0.25, 0.3) is 0 Å². The number of rotatable bonds is 5. The molecule has 1 heteroatoms. The van der Waals surface area contributed by atoms with Gasteiger partial charge in [-0.15, -0.1) is 0 Å². The van der Waals surface area contributed by atoms with Crippen LogP contribution in [0.3, 0.4) is 0 Å². The molecule has 0 bridgehead atoms. The summed E-state index contributed by atoms with van der Waals surface area (Å²) in [5, 5.41) is 0. The molecule has 0 heterocycles. The smallest absolute Gasteiger partial charge is 0.0529 e. The Labute approximate surface area is 331 Å². The summed E-state index contributed by atoms with van der Waals surface area (Å²) in [5.41, 5.74) is 20.7. The Morgan fingerprint density at radius 3 is 1.34 bits per heavy atom. The highest BCUT2D eigenvalue weighted by atomic mass is 15.1. The average molecular weight is 720 g/mol. The second-order valence-electron chi connectivity index (χ2n) is 17.2. The van der Waals surface area contributed by atoms with Crippen LogP contribution in [-0.2, 0) is 16.2 Å². The van der Waals surface area contributed by atoms with E-state index in [0.717, 1.165) is 12.1 Å². The van der Waals surface area contributed by atoms with Crippen molar-refractivity contribution in [2.75, 3.05) is 4.90 Å². The van der Waals surface area contributed by atoms with Crippen LogP contribution in [0.5, 0.6) is 0 Å². The predicted molar refractivity (Wildman–Crippen MR) is 234 cm³/mol. The number of benzene rings is 7. The van der Waals surface area contributed by atoms with Crippen LogP contribution >= 0.6 is 0 Å². The quantitative estimate of drug-likeness (QED) is 0.171. The van der Waals surface area contributed by atoms with E-state index in [9.17, 15) is 0 Å². The van der Waals surface area contributed by atoms with Crippen molar-refractivity contribution in [3.63, 3.8) is 0 Å². The first-order chi connectivity index (χ1) is 27.3. The van der Waals surface area contributed by atoms with Crippen LogP contribution in [0.4, 0.5) is 17.1 Å². The molecule has 0 fully saturated rings. The first kappa shape index (κ1) is 33.2. The van der Waals surface area contributed by atoms with Crippen LogP contribution in [0.1, 0.15) is 73.1 Å². The molecule has 0 amide bonds. The average Bonchev–Trinajstić information content (AvgIpc) is 3.76. The molecule has 7 aromatic rings. The Kier molecular flexibility index (Phi) is 7.06. The van der Waals surface area contributed by atoms with Gasteiger partial charge in [0.1, 0.15) is 0 Å². The SMILES string of the molecule is CC1(C)c2ccccc2-c2cc(N(c3ccc4c(c3)-c3ccccc3C4(C)C)c3ccc4c(c3)-c3ccccc3C4(c3ccccc3)C3C=CC=CC3)ccc21. The lowest BCUT2D eigenvalue weighted by molar-refractivity contribution is 0.457. The van der Waals surface area contributed by atoms with Crippen LogP contribution in [0.25, 0.3) is 33.4 Å². The summed E-state index contributed by atoms with van der Waals surface area (Å²) in [4.78, 5) is 2.51. The first-order valence-electron chi connectivity index (χ1n) is 20.2. The van der Waals surface area contributed by atoms with Gasteiger partial charge < -0.3 is 4.90 Å². The molecule has 270 valence electrons. The molecular weight excluding hydrogens is 675 g/mol. The maximum atomic E-state index is 2.51. The molecule has 7 aromatic carbocycles. The second-order valence-corrected chi connectivity index (χ2v) is 17.2. The minimum absolute atomic E-state index is 0.0566. The third-order valence-electron chi connectivity index (χ3n) is 13.7. The van der Waals surface area contributed by atoms with Gasteiger partial charge in [-0.25, -0.2) is 0 Å². The molecule has 0 N–H and O–H groups in total. The summed E-state index contributed by atoms with van der Waals surface area (Å²) in [6.07, 6.45) is 10.2. The van der Waals surface area contributed by atoms with Crippen molar-refractivity contribution in [1.82, 2.24) is 0 Å². The molecule has 0 saturated carbocycles. The van der Waals surface area contributed by atoms with E-state index in [1.807, 2.05) is 0 Å². The van der Waals surface area contributed by atoms with E-state index >= 15 is 0 Å². The normalized spacial score (nSPS) is 19.8. The zero-order chi connectivity index (χ0) is 37.8. The molecule has 0 radical (unpaired) electrons. The standard InChI is InChI=1S/C55H45N/c1-53(2)47-24-14-11-21-41(47)44-33-38(27-30-49(44)53)56(39-28-31-50-45(34-39)42-22-12-15-25-48(42)54(50,3)4)40-29-32-52-46(35-40)43-23-13-16-26-51(43)55(52,36-17-7-5-8-18-36)37-19-9-6-10-20-37/h5-19,21-35,37H,20H2,1-4H3. The Morgan fingerprint density at radius 1 is 0.411 bits per heavy atom. The van der Waals surface area contributed by atoms with Crippen molar-refractivity contribution >= 4 is 17.1 Å². The van der Waals surface area contributed by atoms with E-state index in [1.165, 1.54) is 83.7 Å². The maximum absolute atomic E-state index is 2.51. The Balaban J connectivity index is 1.16. The number of anilines is 3. The number of hydrogen-bond acceptors (Lipinski definition) is 1. The third kappa shape index (κ3) is 4.43. The lowest BCUT2D eigenvalue weighted by atomic mass is 9.62. The largest absolute Gasteiger partial charge is 0.310 e. The highest BCUT2D eigenvalue weighted by Gasteiger charge is 2.49. The summed E-state index contributed by atoms with van der Waals surface area (Å²) in [7, 11) is 0. The molecule has 2 unspecified atom stereocenters. The van der Waals surface area contributed by atoms with Gasteiger partial charge >= 0.3 is 0 Å². The van der Waals surface area contributed by atoms with E-state index in [4.69, 9.17) is 0 Å². The van der Waals surface area contributed by atoms with E-state index in [1.54, 1.807) is 0 Å². The van der Waals surface area contributed by atoms with Crippen LogP contribution in [0, 0.1) is 5.92 Å². The Bertz CT molecular complexity index is 2690. The van der Waals surface area contributed by atoms with Gasteiger partial charge in [0, 0.05) is 27.9 Å². The van der Waals surface area contributed by atoms with Crippen molar-refractivity contribution in [2.45, 2.75) is 50.4 Å². The van der Waals surface area contributed by atoms with Gasteiger partial charge in [0.2, 0.25) is 0 Å². The molecule has 2 atom stereocenters. The van der Waals surface area contributed by atoms with Gasteiger partial charge in [-0.05, 0) is 121 Å². The summed E-state index contributed by atoms with van der Waals surface area (Å²) < 4.78 is 0. The minimum Gasteiger partial charge on any atom is -0.310 e. The molecule has 0 aromatic heterocycles. The van der Waals surface area contributed by atoms with Gasteiger partial charge in [-0.3, -0.25) is 0 Å². The molecule has 11 rings (SSSR count). The molecule has 0 aliphatic heterocycles. The van der Waals surface area contributed by atoms with Gasteiger partial charge in [-0.1, -0.05) is 173 Å². The monoisotopic (exact) mass is 719 g/mol. The number of hydrogen-bond donors (Lipinski definition) is 0. The van der Waals surface area contributed by atoms with E-state index < -0.39 is 0 Å². The Hall–Kier alpha value is -6.18. The topological polar surface area (TPSA) is 3.24 Å². The molecule has 1 nitrogen and oxygen atoms in total. The lowest BCUT2D eigenvalue weighted by Gasteiger charge is -2.39. The number of fused-ring (bicyclic) bond motifs is 9. The molecule has 4 aliphatic carbocycles. The fraction of sp³-hybridized carbons (Fsp3) is 0.164. The Morgan fingerprint density at radius 2 is 0.821 bits per heavy atom. The number of allylic oxidation sites excluding steroid dienone is 4.